The Bertz CT molecular complexity index is 1070. The number of nitrogens with two attached hydrogens (primary N) is 1. The number of hydrogen-bond donors (Lipinski definition) is 2. The van der Waals surface area contributed by atoms with Gasteiger partial charge in [-0.25, -0.2) is 4.57 Å². The number of hydrogen-bond acceptors (Lipinski definition) is 7. The average Bonchev–Trinajstić information content (AvgIpc) is 3.21. The summed E-state index contributed by atoms with van der Waals surface area (Å²) in [5.41, 5.74) is 5.38. The van der Waals surface area contributed by atoms with Gasteiger partial charge in [-0.1, -0.05) is 184 Å². The highest BCUT2D eigenvalue weighted by Gasteiger charge is 2.25. The molecule has 0 aliphatic rings. The van der Waals surface area contributed by atoms with Crippen molar-refractivity contribution in [3.05, 3.63) is 60.8 Å². The van der Waals surface area contributed by atoms with E-state index in [9.17, 15) is 14.3 Å². The fourth-order valence-electron chi connectivity index (χ4n) is 6.45. The first-order valence-electron chi connectivity index (χ1n) is 23.8. The van der Waals surface area contributed by atoms with Gasteiger partial charge in [0.15, 0.2) is 0 Å². The first-order chi connectivity index (χ1) is 28.4. The molecule has 0 spiro atoms. The third-order valence-electron chi connectivity index (χ3n) is 9.92. The zero-order chi connectivity index (χ0) is 42.3. The van der Waals surface area contributed by atoms with Crippen molar-refractivity contribution in [1.29, 1.82) is 0 Å². The molecule has 0 aromatic carbocycles. The fourth-order valence-corrected chi connectivity index (χ4v) is 7.22. The molecule has 0 amide bonds. The van der Waals surface area contributed by atoms with Gasteiger partial charge >= 0.3 is 13.8 Å². The molecule has 2 unspecified atom stereocenters. The second kappa shape index (κ2) is 46.3. The summed E-state index contributed by atoms with van der Waals surface area (Å²) in [6.45, 7) is 4.78. The van der Waals surface area contributed by atoms with Crippen LogP contribution in [0.4, 0.5) is 0 Å². The number of allylic oxidation sites excluding steroid dienone is 10. The minimum absolute atomic E-state index is 0.0955. The lowest BCUT2D eigenvalue weighted by Crippen LogP contribution is -2.28. The SMILES string of the molecule is CC/C=C\C/C=C\C/C=C\CCCCCCCCOCC(COP(=O)(O)OCCN)OC(=O)CCCCCCCCCCCCC/C=C\C/C=C\CCCCCCC. The molecule has 0 aromatic heterocycles. The van der Waals surface area contributed by atoms with Gasteiger partial charge in [0.1, 0.15) is 6.10 Å². The summed E-state index contributed by atoms with van der Waals surface area (Å²) >= 11 is 0. The molecule has 58 heavy (non-hydrogen) atoms. The summed E-state index contributed by atoms with van der Waals surface area (Å²) in [6, 6.07) is 0. The molecule has 3 N–H and O–H groups in total. The molecule has 0 bridgehead atoms. The van der Waals surface area contributed by atoms with Gasteiger partial charge in [-0.05, 0) is 77.0 Å². The summed E-state index contributed by atoms with van der Waals surface area (Å²) in [7, 11) is -4.29. The van der Waals surface area contributed by atoms with Gasteiger partial charge in [-0.3, -0.25) is 13.8 Å². The van der Waals surface area contributed by atoms with Crippen LogP contribution in [0.1, 0.15) is 206 Å². The van der Waals surface area contributed by atoms with Crippen molar-refractivity contribution >= 4 is 13.8 Å². The smallest absolute Gasteiger partial charge is 0.457 e. The predicted molar refractivity (Wildman–Crippen MR) is 247 cm³/mol. The van der Waals surface area contributed by atoms with E-state index in [4.69, 9.17) is 24.3 Å². The number of ether oxygens (including phenoxy) is 2. The maximum Gasteiger partial charge on any atom is 0.472 e. The van der Waals surface area contributed by atoms with Crippen LogP contribution in [0.3, 0.4) is 0 Å². The number of phosphoric ester groups is 1. The van der Waals surface area contributed by atoms with Crippen LogP contribution in [0.2, 0.25) is 0 Å². The molecule has 0 aliphatic carbocycles. The van der Waals surface area contributed by atoms with E-state index >= 15 is 0 Å². The van der Waals surface area contributed by atoms with Crippen molar-refractivity contribution in [2.75, 3.05) is 33.0 Å². The zero-order valence-electron chi connectivity index (χ0n) is 37.5. The van der Waals surface area contributed by atoms with E-state index in [-0.39, 0.29) is 32.3 Å². The number of unbranched alkanes of at least 4 members (excludes halogenated alkanes) is 22. The summed E-state index contributed by atoms with van der Waals surface area (Å²) in [4.78, 5) is 22.5. The molecule has 0 saturated carbocycles. The Hall–Kier alpha value is -1.80. The van der Waals surface area contributed by atoms with E-state index < -0.39 is 13.9 Å². The minimum atomic E-state index is -4.29. The lowest BCUT2D eigenvalue weighted by Gasteiger charge is -2.20. The van der Waals surface area contributed by atoms with Crippen molar-refractivity contribution < 1.29 is 32.8 Å². The van der Waals surface area contributed by atoms with Crippen LogP contribution >= 0.6 is 7.82 Å². The average molecular weight is 836 g/mol. The van der Waals surface area contributed by atoms with Crippen LogP contribution in [-0.2, 0) is 27.9 Å². The highest BCUT2D eigenvalue weighted by molar-refractivity contribution is 7.47. The number of carbonyl (C=O) groups is 1. The van der Waals surface area contributed by atoms with Crippen LogP contribution in [0.15, 0.2) is 60.8 Å². The second-order valence-corrected chi connectivity index (χ2v) is 17.0. The van der Waals surface area contributed by atoms with Crippen LogP contribution in [-0.4, -0.2) is 49.9 Å². The number of phosphoric acid groups is 1. The van der Waals surface area contributed by atoms with E-state index in [2.05, 4.69) is 74.6 Å². The highest BCUT2D eigenvalue weighted by Crippen LogP contribution is 2.43. The van der Waals surface area contributed by atoms with Gasteiger partial charge in [0, 0.05) is 19.6 Å². The Labute approximate surface area is 357 Å². The van der Waals surface area contributed by atoms with Crippen molar-refractivity contribution in [2.24, 2.45) is 5.73 Å². The Morgan fingerprint density at radius 2 is 0.966 bits per heavy atom. The molecule has 0 aliphatic heterocycles. The number of carbonyl (C=O) groups excluding carboxylic acids is 1. The molecular formula is C49H90NO7P. The lowest BCUT2D eigenvalue weighted by atomic mass is 10.0. The lowest BCUT2D eigenvalue weighted by molar-refractivity contribution is -0.154. The zero-order valence-corrected chi connectivity index (χ0v) is 38.4. The summed E-state index contributed by atoms with van der Waals surface area (Å²) in [6.07, 6.45) is 56.7. The summed E-state index contributed by atoms with van der Waals surface area (Å²) < 4.78 is 33.5. The van der Waals surface area contributed by atoms with Crippen LogP contribution < -0.4 is 5.73 Å². The van der Waals surface area contributed by atoms with Gasteiger partial charge < -0.3 is 20.1 Å². The largest absolute Gasteiger partial charge is 0.472 e. The predicted octanol–water partition coefficient (Wildman–Crippen LogP) is 14.5. The van der Waals surface area contributed by atoms with Crippen LogP contribution in [0.5, 0.6) is 0 Å². The van der Waals surface area contributed by atoms with Crippen molar-refractivity contribution in [2.45, 2.75) is 213 Å². The van der Waals surface area contributed by atoms with Gasteiger partial charge in [-0.2, -0.15) is 0 Å². The van der Waals surface area contributed by atoms with Crippen molar-refractivity contribution in [1.82, 2.24) is 0 Å². The first kappa shape index (κ1) is 56.2. The molecule has 0 aromatic rings. The fraction of sp³-hybridized carbons (Fsp3) is 0.776. The van der Waals surface area contributed by atoms with E-state index in [1.54, 1.807) is 0 Å². The van der Waals surface area contributed by atoms with Crippen molar-refractivity contribution in [3.8, 4) is 0 Å². The Balaban J connectivity index is 3.98. The topological polar surface area (TPSA) is 117 Å². The van der Waals surface area contributed by atoms with Crippen LogP contribution in [0.25, 0.3) is 0 Å². The Morgan fingerprint density at radius 3 is 1.45 bits per heavy atom. The standard InChI is InChI=1S/C49H90NO7P/c1-3-5-7-9-11-13-15-17-19-21-22-23-24-25-26-27-28-30-32-34-36-38-40-42-49(51)57-48(47-56-58(52,53)55-45-43-50)46-54-44-41-39-37-35-33-31-29-20-18-16-14-12-10-8-6-4-2/h6,8,12,14-15,17-18,20-22,48H,3-5,7,9-11,13,16,19,23-47,50H2,1-2H3,(H,52,53)/b8-6-,14-12-,17-15-,20-18-,22-21-. The molecule has 0 radical (unpaired) electrons. The Kier molecular flexibility index (Phi) is 44.8. The van der Waals surface area contributed by atoms with E-state index in [0.717, 1.165) is 70.6 Å². The monoisotopic (exact) mass is 836 g/mol. The van der Waals surface area contributed by atoms with Gasteiger partial charge in [0.25, 0.3) is 0 Å². The van der Waals surface area contributed by atoms with Gasteiger partial charge in [-0.15, -0.1) is 0 Å². The molecule has 8 nitrogen and oxygen atoms in total. The molecule has 0 fully saturated rings. The first-order valence-corrected chi connectivity index (χ1v) is 25.3. The molecule has 0 saturated heterocycles. The van der Waals surface area contributed by atoms with E-state index in [0.29, 0.717) is 13.0 Å². The molecule has 0 heterocycles. The normalized spacial score (nSPS) is 13.9. The molecular weight excluding hydrogens is 746 g/mol. The van der Waals surface area contributed by atoms with E-state index in [1.807, 2.05) is 0 Å². The van der Waals surface area contributed by atoms with Gasteiger partial charge in [0.2, 0.25) is 0 Å². The Morgan fingerprint density at radius 1 is 0.534 bits per heavy atom. The summed E-state index contributed by atoms with van der Waals surface area (Å²) in [5, 5.41) is 0. The molecule has 2 atom stereocenters. The van der Waals surface area contributed by atoms with Crippen LogP contribution in [0, 0.1) is 0 Å². The van der Waals surface area contributed by atoms with Gasteiger partial charge in [0.05, 0.1) is 19.8 Å². The number of esters is 1. The molecule has 338 valence electrons. The third-order valence-corrected chi connectivity index (χ3v) is 10.9. The van der Waals surface area contributed by atoms with Crippen molar-refractivity contribution in [3.63, 3.8) is 0 Å². The summed E-state index contributed by atoms with van der Waals surface area (Å²) in [5.74, 6) is -0.338. The second-order valence-electron chi connectivity index (χ2n) is 15.6. The van der Waals surface area contributed by atoms with E-state index in [1.165, 1.54) is 116 Å². The molecule has 0 rings (SSSR count). The maximum absolute atomic E-state index is 12.6. The molecule has 9 heteroatoms. The quantitative estimate of drug-likeness (QED) is 0.0269. The third kappa shape index (κ3) is 45.3. The maximum atomic E-state index is 12.6. The number of rotatable bonds is 45. The minimum Gasteiger partial charge on any atom is -0.457 e. The highest BCUT2D eigenvalue weighted by atomic mass is 31.2.